The molecule has 0 spiro atoms. The predicted octanol–water partition coefficient (Wildman–Crippen LogP) is 3.99. The summed E-state index contributed by atoms with van der Waals surface area (Å²) in [7, 11) is 0. The fourth-order valence-corrected chi connectivity index (χ4v) is 4.65. The molecule has 0 N–H and O–H groups in total. The Morgan fingerprint density at radius 3 is 2.65 bits per heavy atom. The fourth-order valence-electron chi connectivity index (χ4n) is 4.41. The van der Waals surface area contributed by atoms with Crippen molar-refractivity contribution in [3.8, 4) is 11.3 Å². The lowest BCUT2D eigenvalue weighted by Crippen LogP contribution is -2.52. The van der Waals surface area contributed by atoms with Gasteiger partial charge in [-0.3, -0.25) is 9.69 Å². The highest BCUT2D eigenvalue weighted by atomic mass is 35.5. The predicted molar refractivity (Wildman–Crippen MR) is 109 cm³/mol. The number of aromatic nitrogens is 3. The van der Waals surface area contributed by atoms with Gasteiger partial charge in [-0.15, -0.1) is 0 Å². The molecule has 2 aromatic heterocycles. The second-order valence-corrected chi connectivity index (χ2v) is 8.25. The van der Waals surface area contributed by atoms with Crippen molar-refractivity contribution in [3.63, 3.8) is 0 Å². The highest BCUT2D eigenvalue weighted by molar-refractivity contribution is 6.36. The van der Waals surface area contributed by atoms with E-state index in [0.29, 0.717) is 23.2 Å². The van der Waals surface area contributed by atoms with Gasteiger partial charge in [-0.1, -0.05) is 41.9 Å². The molecular formula is C21H19ClF3N5O. The van der Waals surface area contributed by atoms with E-state index < -0.39 is 17.8 Å². The van der Waals surface area contributed by atoms with Gasteiger partial charge in [-0.05, 0) is 25.5 Å². The third-order valence-corrected chi connectivity index (χ3v) is 6.32. The summed E-state index contributed by atoms with van der Waals surface area (Å²) in [6.07, 6.45) is -2.61. The molecule has 1 amide bonds. The van der Waals surface area contributed by atoms with Crippen LogP contribution in [0.3, 0.4) is 0 Å². The number of amides is 1. The van der Waals surface area contributed by atoms with Crippen molar-refractivity contribution in [2.24, 2.45) is 0 Å². The van der Waals surface area contributed by atoms with Crippen molar-refractivity contribution in [2.45, 2.75) is 25.1 Å². The SMILES string of the molecule is O=C(c1nn2c(C(F)(F)F)cc(-c3ccccc3)nc2c1Cl)N1CCN2CCC[C@H]2C1. The van der Waals surface area contributed by atoms with Crippen molar-refractivity contribution in [1.82, 2.24) is 24.4 Å². The topological polar surface area (TPSA) is 53.7 Å². The van der Waals surface area contributed by atoms with Crippen molar-refractivity contribution in [1.29, 1.82) is 0 Å². The van der Waals surface area contributed by atoms with Gasteiger partial charge in [0.1, 0.15) is 5.02 Å². The van der Waals surface area contributed by atoms with Crippen LogP contribution < -0.4 is 0 Å². The molecule has 162 valence electrons. The van der Waals surface area contributed by atoms with Crippen LogP contribution in [-0.2, 0) is 6.18 Å². The highest BCUT2D eigenvalue weighted by Gasteiger charge is 2.38. The molecule has 3 aromatic rings. The van der Waals surface area contributed by atoms with Gasteiger partial charge in [0.2, 0.25) is 0 Å². The first-order valence-corrected chi connectivity index (χ1v) is 10.5. The zero-order valence-electron chi connectivity index (χ0n) is 16.4. The average molecular weight is 450 g/mol. The number of benzene rings is 1. The van der Waals surface area contributed by atoms with E-state index in [2.05, 4.69) is 15.0 Å². The summed E-state index contributed by atoms with van der Waals surface area (Å²) in [6.45, 7) is 2.78. The number of carbonyl (C=O) groups excluding carboxylic acids is 1. The Bertz CT molecular complexity index is 1150. The summed E-state index contributed by atoms with van der Waals surface area (Å²) in [4.78, 5) is 21.4. The molecule has 2 aliphatic heterocycles. The van der Waals surface area contributed by atoms with Crippen LogP contribution in [0.5, 0.6) is 0 Å². The molecule has 1 aromatic carbocycles. The average Bonchev–Trinajstić information content (AvgIpc) is 3.36. The number of fused-ring (bicyclic) bond motifs is 2. The summed E-state index contributed by atoms with van der Waals surface area (Å²) in [6, 6.07) is 9.72. The minimum Gasteiger partial charge on any atom is -0.334 e. The number of hydrogen-bond donors (Lipinski definition) is 0. The lowest BCUT2D eigenvalue weighted by Gasteiger charge is -2.37. The number of rotatable bonds is 2. The monoisotopic (exact) mass is 449 g/mol. The zero-order valence-corrected chi connectivity index (χ0v) is 17.2. The van der Waals surface area contributed by atoms with Crippen molar-refractivity contribution < 1.29 is 18.0 Å². The first-order valence-electron chi connectivity index (χ1n) is 10.1. The van der Waals surface area contributed by atoms with E-state index in [-0.39, 0.29) is 28.1 Å². The molecule has 5 rings (SSSR count). The van der Waals surface area contributed by atoms with E-state index in [1.54, 1.807) is 35.2 Å². The summed E-state index contributed by atoms with van der Waals surface area (Å²) < 4.78 is 42.1. The molecule has 0 radical (unpaired) electrons. The molecular weight excluding hydrogens is 431 g/mol. The molecule has 0 bridgehead atoms. The van der Waals surface area contributed by atoms with Crippen molar-refractivity contribution in [3.05, 3.63) is 52.8 Å². The van der Waals surface area contributed by atoms with Gasteiger partial charge in [0, 0.05) is 31.2 Å². The lowest BCUT2D eigenvalue weighted by atomic mass is 10.1. The molecule has 31 heavy (non-hydrogen) atoms. The first-order chi connectivity index (χ1) is 14.8. The number of nitrogens with zero attached hydrogens (tertiary/aromatic N) is 5. The maximum Gasteiger partial charge on any atom is 0.433 e. The van der Waals surface area contributed by atoms with Crippen LogP contribution in [0.4, 0.5) is 13.2 Å². The quantitative estimate of drug-likeness (QED) is 0.593. The number of halogens is 4. The minimum absolute atomic E-state index is 0.112. The molecule has 4 heterocycles. The van der Waals surface area contributed by atoms with E-state index >= 15 is 0 Å². The molecule has 0 aliphatic carbocycles. The largest absolute Gasteiger partial charge is 0.433 e. The second-order valence-electron chi connectivity index (χ2n) is 7.87. The minimum atomic E-state index is -4.70. The van der Waals surface area contributed by atoms with Crippen molar-refractivity contribution in [2.75, 3.05) is 26.2 Å². The Hall–Kier alpha value is -2.65. The third-order valence-electron chi connectivity index (χ3n) is 5.97. The van der Waals surface area contributed by atoms with Gasteiger partial charge in [0.05, 0.1) is 5.69 Å². The van der Waals surface area contributed by atoms with Gasteiger partial charge in [-0.25, -0.2) is 9.50 Å². The molecule has 0 unspecified atom stereocenters. The van der Waals surface area contributed by atoms with Crippen LogP contribution in [0.15, 0.2) is 36.4 Å². The number of alkyl halides is 3. The van der Waals surface area contributed by atoms with E-state index in [4.69, 9.17) is 11.6 Å². The van der Waals surface area contributed by atoms with Crippen LogP contribution >= 0.6 is 11.6 Å². The van der Waals surface area contributed by atoms with Crippen LogP contribution in [0, 0.1) is 0 Å². The first kappa shape index (κ1) is 20.3. The van der Waals surface area contributed by atoms with Gasteiger partial charge in [0.15, 0.2) is 17.0 Å². The molecule has 1 atom stereocenters. The highest BCUT2D eigenvalue weighted by Crippen LogP contribution is 2.35. The van der Waals surface area contributed by atoms with E-state index in [0.717, 1.165) is 32.0 Å². The smallest absolute Gasteiger partial charge is 0.334 e. The third kappa shape index (κ3) is 3.55. The lowest BCUT2D eigenvalue weighted by molar-refractivity contribution is -0.142. The second kappa shape index (κ2) is 7.49. The van der Waals surface area contributed by atoms with E-state index in [1.165, 1.54) is 0 Å². The van der Waals surface area contributed by atoms with E-state index in [1.807, 2.05) is 0 Å². The van der Waals surface area contributed by atoms with Gasteiger partial charge < -0.3 is 4.90 Å². The van der Waals surface area contributed by atoms with Gasteiger partial charge in [-0.2, -0.15) is 18.3 Å². The molecule has 2 saturated heterocycles. The van der Waals surface area contributed by atoms with Crippen LogP contribution in [0.2, 0.25) is 5.02 Å². The summed E-state index contributed by atoms with van der Waals surface area (Å²) in [5.74, 6) is -0.462. The molecule has 0 saturated carbocycles. The Kier molecular flexibility index (Phi) is 4.90. The van der Waals surface area contributed by atoms with Crippen LogP contribution in [0.1, 0.15) is 29.0 Å². The normalized spacial score (nSPS) is 19.7. The molecule has 10 heteroatoms. The van der Waals surface area contributed by atoms with Gasteiger partial charge in [0.25, 0.3) is 5.91 Å². The van der Waals surface area contributed by atoms with Crippen LogP contribution in [0.25, 0.3) is 16.9 Å². The Labute approximate surface area is 181 Å². The maximum absolute atomic E-state index is 13.8. The number of piperazine rings is 1. The summed E-state index contributed by atoms with van der Waals surface area (Å²) in [5.41, 5.74) is -0.786. The summed E-state index contributed by atoms with van der Waals surface area (Å²) in [5, 5.41) is 3.81. The Morgan fingerprint density at radius 2 is 1.90 bits per heavy atom. The van der Waals surface area contributed by atoms with Crippen LogP contribution in [-0.4, -0.2) is 62.5 Å². The Morgan fingerprint density at radius 1 is 1.13 bits per heavy atom. The van der Waals surface area contributed by atoms with Gasteiger partial charge >= 0.3 is 6.18 Å². The number of hydrogen-bond acceptors (Lipinski definition) is 4. The summed E-state index contributed by atoms with van der Waals surface area (Å²) >= 11 is 6.39. The number of carbonyl (C=O) groups is 1. The molecule has 2 aliphatic rings. The zero-order chi connectivity index (χ0) is 21.8. The standard InChI is InChI=1S/C21H19ClF3N5O/c22-17-18(20(31)29-10-9-28-8-4-7-14(28)12-29)27-30-16(21(23,24)25)11-15(26-19(17)30)13-5-2-1-3-6-13/h1-3,5-6,11,14H,4,7-10,12H2/t14-/m0/s1. The van der Waals surface area contributed by atoms with Crippen molar-refractivity contribution >= 4 is 23.2 Å². The maximum atomic E-state index is 13.8. The Balaban J connectivity index is 1.59. The molecule has 2 fully saturated rings. The fraction of sp³-hybridized carbons (Fsp3) is 0.381. The molecule has 6 nitrogen and oxygen atoms in total. The van der Waals surface area contributed by atoms with E-state index in [9.17, 15) is 18.0 Å².